The second-order valence-corrected chi connectivity index (χ2v) is 8.43. The topological polar surface area (TPSA) is 81.7 Å². The summed E-state index contributed by atoms with van der Waals surface area (Å²) in [5.41, 5.74) is -1.86. The summed E-state index contributed by atoms with van der Waals surface area (Å²) in [7, 11) is 0. The van der Waals surface area contributed by atoms with Crippen molar-refractivity contribution in [3.05, 3.63) is 12.7 Å². The molecule has 0 aromatic rings. The van der Waals surface area contributed by atoms with Gasteiger partial charge in [0.05, 0.1) is 0 Å². The zero-order chi connectivity index (χ0) is 19.9. The maximum Gasteiger partial charge on any atom is 0.306 e. The van der Waals surface area contributed by atoms with E-state index in [1.165, 1.54) is 6.08 Å². The summed E-state index contributed by atoms with van der Waals surface area (Å²) in [6, 6.07) is 0. The molecule has 0 radical (unpaired) electrons. The maximum atomic E-state index is 11.9. The summed E-state index contributed by atoms with van der Waals surface area (Å²) >= 11 is 0. The van der Waals surface area contributed by atoms with E-state index in [0.717, 1.165) is 0 Å². The molecule has 6 nitrogen and oxygen atoms in total. The minimum Gasteiger partial charge on any atom is -0.460 e. The molecule has 1 N–H and O–H groups in total. The zero-order valence-electron chi connectivity index (χ0n) is 16.7. The Hall–Kier alpha value is -1.85. The van der Waals surface area contributed by atoms with Crippen LogP contribution in [0.3, 0.4) is 0 Å². The van der Waals surface area contributed by atoms with E-state index in [0.29, 0.717) is 12.8 Å². The Morgan fingerprint density at radius 3 is 1.48 bits per heavy atom. The first-order valence-electron chi connectivity index (χ1n) is 8.54. The van der Waals surface area contributed by atoms with Crippen LogP contribution in [-0.4, -0.2) is 34.6 Å². The molecule has 144 valence electrons. The normalized spacial score (nSPS) is 12.3. The summed E-state index contributed by atoms with van der Waals surface area (Å²) in [5, 5.41) is 2.81. The first-order chi connectivity index (χ1) is 11.2. The van der Waals surface area contributed by atoms with Crippen molar-refractivity contribution in [2.24, 2.45) is 0 Å². The molecular formula is C19H33NO5. The number of nitrogens with one attached hydrogen (secondary N) is 1. The van der Waals surface area contributed by atoms with Crippen LogP contribution in [0.1, 0.15) is 74.1 Å². The quantitative estimate of drug-likeness (QED) is 0.534. The van der Waals surface area contributed by atoms with Gasteiger partial charge in [-0.3, -0.25) is 14.4 Å². The Bertz CT molecular complexity index is 465. The second kappa shape index (κ2) is 9.02. The average molecular weight is 355 g/mol. The van der Waals surface area contributed by atoms with Crippen LogP contribution in [0.25, 0.3) is 0 Å². The molecule has 0 fully saturated rings. The van der Waals surface area contributed by atoms with Gasteiger partial charge in [0.1, 0.15) is 11.2 Å². The van der Waals surface area contributed by atoms with Gasteiger partial charge >= 0.3 is 11.9 Å². The van der Waals surface area contributed by atoms with Gasteiger partial charge in [-0.1, -0.05) is 6.58 Å². The lowest BCUT2D eigenvalue weighted by Gasteiger charge is -2.31. The van der Waals surface area contributed by atoms with Gasteiger partial charge in [-0.25, -0.2) is 0 Å². The van der Waals surface area contributed by atoms with Crippen LogP contribution >= 0.6 is 0 Å². The molecule has 0 saturated heterocycles. The van der Waals surface area contributed by atoms with Crippen LogP contribution in [0, 0.1) is 0 Å². The van der Waals surface area contributed by atoms with Crippen molar-refractivity contribution in [1.29, 1.82) is 0 Å². The van der Waals surface area contributed by atoms with Crippen molar-refractivity contribution >= 4 is 17.8 Å². The van der Waals surface area contributed by atoms with Gasteiger partial charge in [0.15, 0.2) is 0 Å². The molecule has 0 aliphatic rings. The number of carbonyl (C=O) groups is 3. The van der Waals surface area contributed by atoms with Gasteiger partial charge in [0.25, 0.3) is 0 Å². The van der Waals surface area contributed by atoms with Gasteiger partial charge in [-0.15, -0.1) is 0 Å². The van der Waals surface area contributed by atoms with E-state index in [9.17, 15) is 14.4 Å². The molecule has 0 heterocycles. The summed E-state index contributed by atoms with van der Waals surface area (Å²) in [6.07, 6.45) is 2.15. The SMILES string of the molecule is C=CC(=O)NC(C)(CCC(=O)OC(C)(C)C)CCC(=O)OC(C)(C)C. The van der Waals surface area contributed by atoms with Crippen LogP contribution in [0.5, 0.6) is 0 Å². The third-order valence-corrected chi connectivity index (χ3v) is 3.21. The largest absolute Gasteiger partial charge is 0.460 e. The highest BCUT2D eigenvalue weighted by atomic mass is 16.6. The van der Waals surface area contributed by atoms with Crippen molar-refractivity contribution in [3.8, 4) is 0 Å². The van der Waals surface area contributed by atoms with E-state index in [1.807, 2.05) is 0 Å². The molecule has 0 bridgehead atoms. The standard InChI is InChI=1S/C19H33NO5/c1-9-14(21)20-19(8,12-10-15(22)24-17(2,3)4)13-11-16(23)25-18(5,6)7/h9H,1,10-13H2,2-8H3,(H,20,21). The van der Waals surface area contributed by atoms with Crippen LogP contribution in [-0.2, 0) is 23.9 Å². The summed E-state index contributed by atoms with van der Waals surface area (Å²) in [4.78, 5) is 35.6. The number of rotatable bonds is 8. The molecule has 0 aliphatic carbocycles. The lowest BCUT2D eigenvalue weighted by Crippen LogP contribution is -2.46. The number of ether oxygens (including phenoxy) is 2. The van der Waals surface area contributed by atoms with Crippen LogP contribution in [0.2, 0.25) is 0 Å². The van der Waals surface area contributed by atoms with E-state index in [-0.39, 0.29) is 30.7 Å². The predicted octanol–water partition coefficient (Wildman–Crippen LogP) is 3.29. The Balaban J connectivity index is 4.83. The van der Waals surface area contributed by atoms with Crippen molar-refractivity contribution in [2.45, 2.75) is 90.9 Å². The molecule has 0 aromatic heterocycles. The van der Waals surface area contributed by atoms with Gasteiger partial charge < -0.3 is 14.8 Å². The lowest BCUT2D eigenvalue weighted by atomic mass is 9.90. The lowest BCUT2D eigenvalue weighted by molar-refractivity contribution is -0.155. The average Bonchev–Trinajstić information content (AvgIpc) is 2.39. The molecule has 0 aliphatic heterocycles. The molecule has 6 heteroatoms. The fourth-order valence-corrected chi connectivity index (χ4v) is 2.14. The Morgan fingerprint density at radius 2 is 1.20 bits per heavy atom. The highest BCUT2D eigenvalue weighted by Crippen LogP contribution is 2.22. The third-order valence-electron chi connectivity index (χ3n) is 3.21. The Kier molecular flexibility index (Phi) is 8.35. The smallest absolute Gasteiger partial charge is 0.306 e. The van der Waals surface area contributed by atoms with Crippen LogP contribution < -0.4 is 5.32 Å². The molecule has 0 aromatic carbocycles. The molecule has 0 atom stereocenters. The number of carbonyl (C=O) groups excluding carboxylic acids is 3. The van der Waals surface area contributed by atoms with Crippen LogP contribution in [0.15, 0.2) is 12.7 Å². The Labute approximate surface area is 151 Å². The number of hydrogen-bond acceptors (Lipinski definition) is 5. The molecular weight excluding hydrogens is 322 g/mol. The van der Waals surface area contributed by atoms with E-state index < -0.39 is 16.7 Å². The number of esters is 2. The van der Waals surface area contributed by atoms with Crippen molar-refractivity contribution in [1.82, 2.24) is 5.32 Å². The van der Waals surface area contributed by atoms with E-state index >= 15 is 0 Å². The number of hydrogen-bond donors (Lipinski definition) is 1. The zero-order valence-corrected chi connectivity index (χ0v) is 16.7. The fourth-order valence-electron chi connectivity index (χ4n) is 2.14. The molecule has 0 unspecified atom stereocenters. The van der Waals surface area contributed by atoms with E-state index in [1.54, 1.807) is 48.5 Å². The van der Waals surface area contributed by atoms with E-state index in [2.05, 4.69) is 11.9 Å². The van der Waals surface area contributed by atoms with Gasteiger partial charge in [0, 0.05) is 18.4 Å². The Morgan fingerprint density at radius 1 is 0.840 bits per heavy atom. The van der Waals surface area contributed by atoms with Crippen molar-refractivity contribution < 1.29 is 23.9 Å². The van der Waals surface area contributed by atoms with Gasteiger partial charge in [-0.2, -0.15) is 0 Å². The molecule has 0 spiro atoms. The monoisotopic (exact) mass is 355 g/mol. The maximum absolute atomic E-state index is 11.9. The van der Waals surface area contributed by atoms with E-state index in [4.69, 9.17) is 9.47 Å². The van der Waals surface area contributed by atoms with Crippen molar-refractivity contribution in [3.63, 3.8) is 0 Å². The van der Waals surface area contributed by atoms with Gasteiger partial charge in [0.2, 0.25) is 5.91 Å². The first kappa shape index (κ1) is 23.1. The molecule has 0 saturated carbocycles. The fraction of sp³-hybridized carbons (Fsp3) is 0.737. The van der Waals surface area contributed by atoms with Crippen molar-refractivity contribution in [2.75, 3.05) is 0 Å². The molecule has 0 rings (SSSR count). The minimum atomic E-state index is -0.737. The predicted molar refractivity (Wildman–Crippen MR) is 96.9 cm³/mol. The summed E-state index contributed by atoms with van der Waals surface area (Å²) < 4.78 is 10.6. The molecule has 25 heavy (non-hydrogen) atoms. The first-order valence-corrected chi connectivity index (χ1v) is 8.54. The molecule has 1 amide bonds. The summed E-state index contributed by atoms with van der Waals surface area (Å²) in [6.45, 7) is 16.0. The minimum absolute atomic E-state index is 0.138. The summed E-state index contributed by atoms with van der Waals surface area (Å²) in [5.74, 6) is -1.04. The third kappa shape index (κ3) is 12.2. The van der Waals surface area contributed by atoms with Gasteiger partial charge in [-0.05, 0) is 67.4 Å². The number of amides is 1. The highest BCUT2D eigenvalue weighted by molar-refractivity contribution is 5.87. The highest BCUT2D eigenvalue weighted by Gasteiger charge is 2.29. The second-order valence-electron chi connectivity index (χ2n) is 8.43. The van der Waals surface area contributed by atoms with Crippen LogP contribution in [0.4, 0.5) is 0 Å².